The van der Waals surface area contributed by atoms with Crippen LogP contribution in [-0.4, -0.2) is 21.2 Å². The molecule has 1 fully saturated rings. The third kappa shape index (κ3) is 2.19. The van der Waals surface area contributed by atoms with E-state index < -0.39 is 14.1 Å². The Morgan fingerprint density at radius 2 is 1.71 bits per heavy atom. The van der Waals surface area contributed by atoms with Gasteiger partial charge >= 0.3 is 0 Å². The van der Waals surface area contributed by atoms with Crippen molar-refractivity contribution in [2.24, 2.45) is 0 Å². The van der Waals surface area contributed by atoms with Crippen molar-refractivity contribution in [2.75, 3.05) is 7.11 Å². The molecule has 1 aliphatic carbocycles. The van der Waals surface area contributed by atoms with Crippen LogP contribution >= 0.6 is 0 Å². The van der Waals surface area contributed by atoms with E-state index >= 15 is 0 Å². The molecule has 0 unspecified atom stereocenters. The van der Waals surface area contributed by atoms with Crippen LogP contribution in [-0.2, 0) is 14.6 Å². The Morgan fingerprint density at radius 1 is 1.12 bits per heavy atom. The highest BCUT2D eigenvalue weighted by Gasteiger charge is 2.68. The second-order valence-electron chi connectivity index (χ2n) is 6.05. The van der Waals surface area contributed by atoms with Gasteiger partial charge in [0.25, 0.3) is 0 Å². The molecule has 0 N–H and O–H groups in total. The van der Waals surface area contributed by atoms with Crippen molar-refractivity contribution in [1.82, 2.24) is 0 Å². The van der Waals surface area contributed by atoms with E-state index in [-0.39, 0.29) is 5.41 Å². The Kier molecular flexibility index (Phi) is 2.96. The molecule has 0 bridgehead atoms. The van der Waals surface area contributed by atoms with Crippen LogP contribution in [0.15, 0.2) is 30.3 Å². The summed E-state index contributed by atoms with van der Waals surface area (Å²) in [6, 6.07) is 10.5. The minimum Gasteiger partial charge on any atom is -0.390 e. The molecule has 0 saturated heterocycles. The van der Waals surface area contributed by atoms with Gasteiger partial charge < -0.3 is 9.16 Å². The molecule has 3 heteroatoms. The van der Waals surface area contributed by atoms with Gasteiger partial charge in [-0.1, -0.05) is 37.3 Å². The van der Waals surface area contributed by atoms with E-state index in [0.29, 0.717) is 0 Å². The van der Waals surface area contributed by atoms with Crippen LogP contribution < -0.4 is 0 Å². The van der Waals surface area contributed by atoms with Gasteiger partial charge in [-0.3, -0.25) is 0 Å². The molecule has 0 aliphatic heterocycles. The maximum atomic E-state index is 6.27. The van der Waals surface area contributed by atoms with E-state index in [4.69, 9.17) is 9.16 Å². The van der Waals surface area contributed by atoms with Gasteiger partial charge in [-0.05, 0) is 25.2 Å². The molecule has 0 radical (unpaired) electrons. The number of rotatable bonds is 4. The molecule has 2 atom stereocenters. The number of hydrogen-bond acceptors (Lipinski definition) is 2. The monoisotopic (exact) mass is 250 g/mol. The Morgan fingerprint density at radius 3 is 2.18 bits per heavy atom. The SMILES string of the molecule is CO[C@]1(O[Si](C)(C)C)C[C@@]1(C)c1ccccc1. The third-order valence-electron chi connectivity index (χ3n) is 3.51. The molecule has 0 spiro atoms. The quantitative estimate of drug-likeness (QED) is 0.601. The average molecular weight is 250 g/mol. The molecule has 0 amide bonds. The Balaban J connectivity index is 2.26. The van der Waals surface area contributed by atoms with Crippen molar-refractivity contribution in [1.29, 1.82) is 0 Å². The van der Waals surface area contributed by atoms with Crippen molar-refractivity contribution < 1.29 is 9.16 Å². The summed E-state index contributed by atoms with van der Waals surface area (Å²) in [5.41, 5.74) is 1.31. The lowest BCUT2D eigenvalue weighted by atomic mass is 9.97. The van der Waals surface area contributed by atoms with Crippen molar-refractivity contribution in [3.05, 3.63) is 35.9 Å². The molecule has 17 heavy (non-hydrogen) atoms. The molecular weight excluding hydrogens is 228 g/mol. The van der Waals surface area contributed by atoms with Crippen molar-refractivity contribution in [3.63, 3.8) is 0 Å². The zero-order valence-electron chi connectivity index (χ0n) is 11.4. The lowest BCUT2D eigenvalue weighted by Gasteiger charge is -2.29. The lowest BCUT2D eigenvalue weighted by molar-refractivity contribution is -0.102. The van der Waals surface area contributed by atoms with Gasteiger partial charge in [0.05, 0.1) is 5.41 Å². The average Bonchev–Trinajstić information content (AvgIpc) is 2.84. The molecule has 1 saturated carbocycles. The first-order chi connectivity index (χ1) is 7.83. The van der Waals surface area contributed by atoms with Crippen molar-refractivity contribution in [3.8, 4) is 0 Å². The minimum absolute atomic E-state index is 0.00326. The first-order valence-electron chi connectivity index (χ1n) is 6.14. The Bertz CT molecular complexity index is 398. The molecule has 1 aromatic rings. The molecule has 94 valence electrons. The molecule has 2 nitrogen and oxygen atoms in total. The summed E-state index contributed by atoms with van der Waals surface area (Å²) in [5.74, 6) is -0.404. The van der Waals surface area contributed by atoms with Crippen molar-refractivity contribution >= 4 is 8.32 Å². The highest BCUT2D eigenvalue weighted by Crippen LogP contribution is 2.61. The molecule has 1 aromatic carbocycles. The summed E-state index contributed by atoms with van der Waals surface area (Å²) in [6.07, 6.45) is 0.949. The molecular formula is C14H22O2Si. The molecule has 2 rings (SSSR count). The molecule has 1 aliphatic rings. The van der Waals surface area contributed by atoms with Gasteiger partial charge in [-0.25, -0.2) is 0 Å². The minimum atomic E-state index is -1.60. The predicted molar refractivity (Wildman–Crippen MR) is 72.6 cm³/mol. The van der Waals surface area contributed by atoms with E-state index in [1.165, 1.54) is 5.56 Å². The van der Waals surface area contributed by atoms with Crippen LogP contribution in [0, 0.1) is 0 Å². The highest BCUT2D eigenvalue weighted by atomic mass is 28.4. The summed E-state index contributed by atoms with van der Waals surface area (Å²) in [6.45, 7) is 8.85. The van der Waals surface area contributed by atoms with E-state index in [0.717, 1.165) is 6.42 Å². The normalized spacial score (nSPS) is 32.5. The second-order valence-corrected chi connectivity index (χ2v) is 10.5. The van der Waals surface area contributed by atoms with Crippen LogP contribution in [0.3, 0.4) is 0 Å². The van der Waals surface area contributed by atoms with Crippen LogP contribution in [0.25, 0.3) is 0 Å². The molecule has 0 heterocycles. The van der Waals surface area contributed by atoms with E-state index in [1.54, 1.807) is 7.11 Å². The van der Waals surface area contributed by atoms with Crippen LogP contribution in [0.4, 0.5) is 0 Å². The highest BCUT2D eigenvalue weighted by molar-refractivity contribution is 6.69. The smallest absolute Gasteiger partial charge is 0.187 e. The summed E-state index contributed by atoms with van der Waals surface area (Å²) in [5, 5.41) is 0. The number of benzene rings is 1. The summed E-state index contributed by atoms with van der Waals surface area (Å²) in [4.78, 5) is 0. The number of hydrogen-bond donors (Lipinski definition) is 0. The van der Waals surface area contributed by atoms with Crippen LogP contribution in [0.1, 0.15) is 18.9 Å². The standard InChI is InChI=1S/C14H22O2Si/c1-13(12-9-7-6-8-10-12)11-14(13,15-2)16-17(3,4)5/h6-10H,11H2,1-5H3/t13-,14-/m0/s1. The van der Waals surface area contributed by atoms with E-state index in [1.807, 2.05) is 6.07 Å². The Hall–Kier alpha value is -0.643. The number of ether oxygens (including phenoxy) is 1. The van der Waals surface area contributed by atoms with Crippen molar-refractivity contribution in [2.45, 2.75) is 44.2 Å². The fourth-order valence-electron chi connectivity index (χ4n) is 2.53. The fraction of sp³-hybridized carbons (Fsp3) is 0.571. The van der Waals surface area contributed by atoms with Gasteiger partial charge in [0, 0.05) is 13.5 Å². The largest absolute Gasteiger partial charge is 0.390 e. The topological polar surface area (TPSA) is 18.5 Å². The van der Waals surface area contributed by atoms with Gasteiger partial charge in [0.1, 0.15) is 0 Å². The molecule has 0 aromatic heterocycles. The van der Waals surface area contributed by atoms with Gasteiger partial charge in [0.2, 0.25) is 0 Å². The van der Waals surface area contributed by atoms with E-state index in [9.17, 15) is 0 Å². The second kappa shape index (κ2) is 3.94. The van der Waals surface area contributed by atoms with Gasteiger partial charge in [0.15, 0.2) is 14.1 Å². The predicted octanol–water partition coefficient (Wildman–Crippen LogP) is 3.54. The maximum absolute atomic E-state index is 6.27. The van der Waals surface area contributed by atoms with Crippen LogP contribution in [0.2, 0.25) is 19.6 Å². The summed E-state index contributed by atoms with van der Waals surface area (Å²) in [7, 11) is 0.160. The van der Waals surface area contributed by atoms with Gasteiger partial charge in [-0.15, -0.1) is 0 Å². The van der Waals surface area contributed by atoms with E-state index in [2.05, 4.69) is 50.8 Å². The summed E-state index contributed by atoms with van der Waals surface area (Å²) >= 11 is 0. The number of methoxy groups -OCH3 is 1. The maximum Gasteiger partial charge on any atom is 0.187 e. The third-order valence-corrected chi connectivity index (χ3v) is 4.46. The fourth-order valence-corrected chi connectivity index (χ4v) is 3.90. The lowest BCUT2D eigenvalue weighted by Crippen LogP contribution is -2.38. The first-order valence-corrected chi connectivity index (χ1v) is 9.55. The van der Waals surface area contributed by atoms with Gasteiger partial charge in [-0.2, -0.15) is 0 Å². The zero-order valence-corrected chi connectivity index (χ0v) is 12.4. The zero-order chi connectivity index (χ0) is 12.7. The Labute approximate surface area is 105 Å². The summed E-state index contributed by atoms with van der Waals surface area (Å²) < 4.78 is 12.0. The first kappa shape index (κ1) is 12.8. The van der Waals surface area contributed by atoms with Crippen LogP contribution in [0.5, 0.6) is 0 Å².